The number of methoxy groups -OCH3 is 1. The second-order valence-corrected chi connectivity index (χ2v) is 4.94. The quantitative estimate of drug-likeness (QED) is 0.714. The van der Waals surface area contributed by atoms with Crippen LogP contribution >= 0.6 is 0 Å². The number of ether oxygens (including phenoxy) is 1. The van der Waals surface area contributed by atoms with Crippen molar-refractivity contribution in [3.8, 4) is 5.75 Å². The van der Waals surface area contributed by atoms with Gasteiger partial charge in [0.15, 0.2) is 0 Å². The predicted octanol–water partition coefficient (Wildman–Crippen LogP) is 4.52. The summed E-state index contributed by atoms with van der Waals surface area (Å²) in [4.78, 5) is 0. The SMILES string of the molecule is C=Cc1ccc(C(=C)C(CCCC)NCC)cc1OC. The highest BCUT2D eigenvalue weighted by molar-refractivity contribution is 5.71. The topological polar surface area (TPSA) is 21.3 Å². The van der Waals surface area contributed by atoms with Crippen LogP contribution in [0, 0.1) is 0 Å². The molecule has 0 aliphatic rings. The lowest BCUT2D eigenvalue weighted by atomic mass is 9.95. The number of benzene rings is 1. The van der Waals surface area contributed by atoms with E-state index in [0.29, 0.717) is 6.04 Å². The Bertz CT molecular complexity index is 451. The van der Waals surface area contributed by atoms with Gasteiger partial charge in [0.05, 0.1) is 7.11 Å². The summed E-state index contributed by atoms with van der Waals surface area (Å²) in [6.07, 6.45) is 5.34. The van der Waals surface area contributed by atoms with Crippen molar-refractivity contribution in [2.24, 2.45) is 0 Å². The van der Waals surface area contributed by atoms with Gasteiger partial charge in [-0.1, -0.05) is 58.1 Å². The Morgan fingerprint density at radius 3 is 2.70 bits per heavy atom. The maximum Gasteiger partial charge on any atom is 0.126 e. The second kappa shape index (κ2) is 8.60. The van der Waals surface area contributed by atoms with Gasteiger partial charge in [-0.3, -0.25) is 0 Å². The van der Waals surface area contributed by atoms with Crippen LogP contribution in [0.4, 0.5) is 0 Å². The molecular weight excluding hydrogens is 246 g/mol. The molecule has 1 N–H and O–H groups in total. The smallest absolute Gasteiger partial charge is 0.126 e. The summed E-state index contributed by atoms with van der Waals surface area (Å²) in [6.45, 7) is 13.4. The number of nitrogens with one attached hydrogen (secondary N) is 1. The number of unbranched alkanes of at least 4 members (excludes halogenated alkanes) is 1. The van der Waals surface area contributed by atoms with E-state index in [4.69, 9.17) is 4.74 Å². The summed E-state index contributed by atoms with van der Waals surface area (Å²) < 4.78 is 5.42. The van der Waals surface area contributed by atoms with Gasteiger partial charge in [0.2, 0.25) is 0 Å². The van der Waals surface area contributed by atoms with Gasteiger partial charge in [0.1, 0.15) is 5.75 Å². The van der Waals surface area contributed by atoms with Gasteiger partial charge in [-0.25, -0.2) is 0 Å². The Morgan fingerprint density at radius 2 is 2.15 bits per heavy atom. The third kappa shape index (κ3) is 4.24. The average molecular weight is 273 g/mol. The fourth-order valence-electron chi connectivity index (χ4n) is 2.33. The highest BCUT2D eigenvalue weighted by Crippen LogP contribution is 2.27. The molecule has 1 atom stereocenters. The van der Waals surface area contributed by atoms with Gasteiger partial charge < -0.3 is 10.1 Å². The van der Waals surface area contributed by atoms with Gasteiger partial charge in [-0.15, -0.1) is 0 Å². The maximum absolute atomic E-state index is 5.42. The molecule has 0 spiro atoms. The molecule has 2 heteroatoms. The molecule has 20 heavy (non-hydrogen) atoms. The van der Waals surface area contributed by atoms with E-state index in [-0.39, 0.29) is 0 Å². The summed E-state index contributed by atoms with van der Waals surface area (Å²) in [6, 6.07) is 6.52. The highest BCUT2D eigenvalue weighted by Gasteiger charge is 2.14. The van der Waals surface area contributed by atoms with E-state index in [0.717, 1.165) is 35.4 Å². The highest BCUT2D eigenvalue weighted by atomic mass is 16.5. The van der Waals surface area contributed by atoms with Crippen LogP contribution in [0.5, 0.6) is 5.75 Å². The van der Waals surface area contributed by atoms with E-state index in [1.165, 1.54) is 12.8 Å². The molecule has 0 aromatic heterocycles. The van der Waals surface area contributed by atoms with E-state index in [1.807, 2.05) is 12.1 Å². The Balaban J connectivity index is 2.95. The van der Waals surface area contributed by atoms with Crippen LogP contribution in [0.25, 0.3) is 11.6 Å². The minimum atomic E-state index is 0.333. The molecule has 1 aromatic carbocycles. The van der Waals surface area contributed by atoms with Crippen LogP contribution in [-0.2, 0) is 0 Å². The minimum absolute atomic E-state index is 0.333. The third-order valence-corrected chi connectivity index (χ3v) is 3.54. The first kappa shape index (κ1) is 16.5. The van der Waals surface area contributed by atoms with Gasteiger partial charge in [-0.05, 0) is 30.2 Å². The van der Waals surface area contributed by atoms with Crippen molar-refractivity contribution in [2.45, 2.75) is 39.2 Å². The Hall–Kier alpha value is -1.54. The van der Waals surface area contributed by atoms with Gasteiger partial charge in [0, 0.05) is 11.6 Å². The van der Waals surface area contributed by atoms with Crippen LogP contribution in [0.3, 0.4) is 0 Å². The van der Waals surface area contributed by atoms with Crippen molar-refractivity contribution >= 4 is 11.6 Å². The zero-order valence-electron chi connectivity index (χ0n) is 13.0. The van der Waals surface area contributed by atoms with Crippen molar-refractivity contribution in [1.82, 2.24) is 5.32 Å². The fraction of sp³-hybridized carbons (Fsp3) is 0.444. The molecular formula is C18H27NO. The summed E-state index contributed by atoms with van der Waals surface area (Å²) in [5.74, 6) is 0.851. The second-order valence-electron chi connectivity index (χ2n) is 4.94. The van der Waals surface area contributed by atoms with Crippen molar-refractivity contribution < 1.29 is 4.74 Å². The normalized spacial score (nSPS) is 11.9. The van der Waals surface area contributed by atoms with Crippen molar-refractivity contribution in [1.29, 1.82) is 0 Å². The van der Waals surface area contributed by atoms with E-state index in [9.17, 15) is 0 Å². The molecule has 0 radical (unpaired) electrons. The summed E-state index contributed by atoms with van der Waals surface area (Å²) in [7, 11) is 1.69. The third-order valence-electron chi connectivity index (χ3n) is 3.54. The lowest BCUT2D eigenvalue weighted by molar-refractivity contribution is 0.413. The first-order valence-corrected chi connectivity index (χ1v) is 7.40. The summed E-state index contributed by atoms with van der Waals surface area (Å²) in [5.41, 5.74) is 3.28. The van der Waals surface area contributed by atoms with E-state index >= 15 is 0 Å². The molecule has 0 amide bonds. The molecule has 0 heterocycles. The molecule has 110 valence electrons. The van der Waals surface area contributed by atoms with Gasteiger partial charge >= 0.3 is 0 Å². The largest absolute Gasteiger partial charge is 0.496 e. The molecule has 0 bridgehead atoms. The Kier molecular flexibility index (Phi) is 7.10. The lowest BCUT2D eigenvalue weighted by Gasteiger charge is -2.21. The standard InChI is InChI=1S/C18H27NO/c1-6-9-10-17(19-8-3)14(4)16-12-11-15(7-2)18(13-16)20-5/h7,11-13,17,19H,2,4,6,8-10H2,1,3,5H3. The molecule has 1 unspecified atom stereocenters. The molecule has 0 fully saturated rings. The molecule has 1 rings (SSSR count). The molecule has 0 saturated carbocycles. The summed E-state index contributed by atoms with van der Waals surface area (Å²) >= 11 is 0. The van der Waals surface area contributed by atoms with Crippen LogP contribution in [0.15, 0.2) is 31.4 Å². The molecule has 0 saturated heterocycles. The fourth-order valence-corrected chi connectivity index (χ4v) is 2.33. The number of likely N-dealkylation sites (N-methyl/N-ethyl adjacent to an activating group) is 1. The Morgan fingerprint density at radius 1 is 1.40 bits per heavy atom. The lowest BCUT2D eigenvalue weighted by Crippen LogP contribution is -2.29. The molecule has 0 aliphatic heterocycles. The van der Waals surface area contributed by atoms with Crippen molar-refractivity contribution in [3.63, 3.8) is 0 Å². The molecule has 1 aromatic rings. The van der Waals surface area contributed by atoms with E-state index in [2.05, 4.69) is 44.5 Å². The van der Waals surface area contributed by atoms with Crippen LogP contribution in [-0.4, -0.2) is 19.7 Å². The zero-order valence-corrected chi connectivity index (χ0v) is 13.0. The monoisotopic (exact) mass is 273 g/mol. The number of rotatable bonds is 9. The first-order chi connectivity index (χ1) is 9.67. The Labute approximate surface area is 123 Å². The van der Waals surface area contributed by atoms with Gasteiger partial charge in [-0.2, -0.15) is 0 Å². The molecule has 0 aliphatic carbocycles. The van der Waals surface area contributed by atoms with Crippen molar-refractivity contribution in [2.75, 3.05) is 13.7 Å². The van der Waals surface area contributed by atoms with E-state index in [1.54, 1.807) is 7.11 Å². The van der Waals surface area contributed by atoms with Crippen LogP contribution < -0.4 is 10.1 Å². The predicted molar refractivity (Wildman–Crippen MR) is 89.1 cm³/mol. The van der Waals surface area contributed by atoms with Gasteiger partial charge in [0.25, 0.3) is 0 Å². The summed E-state index contributed by atoms with van der Waals surface area (Å²) in [5, 5.41) is 3.52. The van der Waals surface area contributed by atoms with Crippen LogP contribution in [0.1, 0.15) is 44.2 Å². The average Bonchev–Trinajstić information content (AvgIpc) is 2.49. The zero-order chi connectivity index (χ0) is 15.0. The maximum atomic E-state index is 5.42. The number of hydrogen-bond donors (Lipinski definition) is 1. The van der Waals surface area contributed by atoms with Crippen molar-refractivity contribution in [3.05, 3.63) is 42.5 Å². The van der Waals surface area contributed by atoms with Crippen LogP contribution in [0.2, 0.25) is 0 Å². The minimum Gasteiger partial charge on any atom is -0.496 e. The number of hydrogen-bond acceptors (Lipinski definition) is 2. The first-order valence-electron chi connectivity index (χ1n) is 7.40. The molecule has 2 nitrogen and oxygen atoms in total. The van der Waals surface area contributed by atoms with E-state index < -0.39 is 0 Å².